The Morgan fingerprint density at radius 3 is 2.58 bits per heavy atom. The molecule has 0 aliphatic carbocycles. The van der Waals surface area contributed by atoms with Crippen LogP contribution in [0.2, 0.25) is 0 Å². The molecule has 0 saturated carbocycles. The second kappa shape index (κ2) is 7.50. The first-order valence-corrected chi connectivity index (χ1v) is 8.13. The minimum absolute atomic E-state index is 0.233. The van der Waals surface area contributed by atoms with Gasteiger partial charge in [-0.05, 0) is 13.0 Å². The molecule has 1 heterocycles. The number of hydrogen-bond acceptors (Lipinski definition) is 4. The Morgan fingerprint density at radius 2 is 2.05 bits per heavy atom. The minimum Gasteiger partial charge on any atom is -0.312 e. The molecule has 1 unspecified atom stereocenters. The molecule has 110 valence electrons. The highest BCUT2D eigenvalue weighted by molar-refractivity contribution is 7.99. The van der Waals surface area contributed by atoms with Crippen molar-refractivity contribution in [2.45, 2.75) is 50.9 Å². The van der Waals surface area contributed by atoms with Crippen molar-refractivity contribution in [3.05, 3.63) is 15.6 Å². The Kier molecular flexibility index (Phi) is 6.62. The number of thiazole rings is 1. The summed E-state index contributed by atoms with van der Waals surface area (Å²) in [5.74, 6) is 0.550. The number of alkyl halides is 3. The van der Waals surface area contributed by atoms with Gasteiger partial charge in [-0.2, -0.15) is 24.9 Å². The fraction of sp³-hybridized carbons (Fsp3) is 0.750. The fourth-order valence-electron chi connectivity index (χ4n) is 1.37. The molecule has 1 aromatic heterocycles. The lowest BCUT2D eigenvalue weighted by molar-refractivity contribution is -0.141. The predicted octanol–water partition coefficient (Wildman–Crippen LogP) is 4.30. The summed E-state index contributed by atoms with van der Waals surface area (Å²) in [6.07, 6.45) is -3.35. The quantitative estimate of drug-likeness (QED) is 0.812. The molecule has 0 aliphatic heterocycles. The van der Waals surface area contributed by atoms with Gasteiger partial charge in [-0.15, -0.1) is 11.3 Å². The van der Waals surface area contributed by atoms with Crippen molar-refractivity contribution in [2.75, 3.05) is 6.54 Å². The van der Waals surface area contributed by atoms with Crippen LogP contribution in [0.4, 0.5) is 13.2 Å². The highest BCUT2D eigenvalue weighted by atomic mass is 32.2. The number of hydrogen-bond donors (Lipinski definition) is 1. The first-order chi connectivity index (χ1) is 8.88. The summed E-state index contributed by atoms with van der Waals surface area (Å²) in [6, 6.07) is 0. The number of aromatic nitrogens is 1. The zero-order chi connectivity index (χ0) is 14.5. The number of halogens is 3. The van der Waals surface area contributed by atoms with Gasteiger partial charge in [0.15, 0.2) is 5.69 Å². The van der Waals surface area contributed by atoms with Crippen LogP contribution >= 0.6 is 23.1 Å². The smallest absolute Gasteiger partial charge is 0.312 e. The second-order valence-electron chi connectivity index (χ2n) is 4.19. The maximum atomic E-state index is 12.9. The van der Waals surface area contributed by atoms with Crippen LogP contribution in [0, 0.1) is 0 Å². The van der Waals surface area contributed by atoms with Crippen molar-refractivity contribution < 1.29 is 13.2 Å². The summed E-state index contributed by atoms with van der Waals surface area (Å²) >= 11 is 2.81. The number of thioether (sulfide) groups is 1. The van der Waals surface area contributed by atoms with Gasteiger partial charge in [0.1, 0.15) is 5.01 Å². The summed E-state index contributed by atoms with van der Waals surface area (Å²) < 4.78 is 38.6. The molecule has 0 spiro atoms. The van der Waals surface area contributed by atoms with Gasteiger partial charge in [0.25, 0.3) is 0 Å². The molecule has 1 N–H and O–H groups in total. The Bertz CT molecular complexity index is 391. The van der Waals surface area contributed by atoms with E-state index in [2.05, 4.69) is 24.1 Å². The standard InChI is InChI=1S/C12H19F3N2S2/c1-4-8(3)18-7-10-17-11(12(13,14)15)9(19-10)6-16-5-2/h8,16H,4-7H2,1-3H3. The van der Waals surface area contributed by atoms with E-state index in [9.17, 15) is 13.2 Å². The van der Waals surface area contributed by atoms with Crippen LogP contribution in [0.15, 0.2) is 0 Å². The Morgan fingerprint density at radius 1 is 1.37 bits per heavy atom. The SMILES string of the molecule is CCNCc1sc(CSC(C)CC)nc1C(F)(F)F. The van der Waals surface area contributed by atoms with Gasteiger partial charge in [0, 0.05) is 17.5 Å². The molecule has 7 heteroatoms. The molecule has 0 amide bonds. The third-order valence-corrected chi connectivity index (χ3v) is 5.19. The summed E-state index contributed by atoms with van der Waals surface area (Å²) in [7, 11) is 0. The summed E-state index contributed by atoms with van der Waals surface area (Å²) in [5.41, 5.74) is -0.724. The molecule has 1 rings (SSSR count). The molecular formula is C12H19F3N2S2. The van der Waals surface area contributed by atoms with E-state index in [4.69, 9.17) is 0 Å². The third-order valence-electron chi connectivity index (χ3n) is 2.61. The van der Waals surface area contributed by atoms with Crippen LogP contribution in [-0.2, 0) is 18.5 Å². The van der Waals surface area contributed by atoms with E-state index in [1.165, 1.54) is 0 Å². The normalized spacial score (nSPS) is 13.8. The van der Waals surface area contributed by atoms with Crippen LogP contribution in [-0.4, -0.2) is 16.8 Å². The first kappa shape index (κ1) is 16.8. The molecule has 0 aromatic carbocycles. The van der Waals surface area contributed by atoms with Gasteiger partial charge >= 0.3 is 6.18 Å². The largest absolute Gasteiger partial charge is 0.434 e. The Labute approximate surface area is 120 Å². The van der Waals surface area contributed by atoms with Gasteiger partial charge in [-0.3, -0.25) is 0 Å². The zero-order valence-corrected chi connectivity index (χ0v) is 12.9. The van der Waals surface area contributed by atoms with Crippen molar-refractivity contribution in [3.8, 4) is 0 Å². The van der Waals surface area contributed by atoms with Crippen molar-refractivity contribution in [1.29, 1.82) is 0 Å². The monoisotopic (exact) mass is 312 g/mol. The average Bonchev–Trinajstić information content (AvgIpc) is 2.76. The minimum atomic E-state index is -4.36. The van der Waals surface area contributed by atoms with Crippen LogP contribution in [0.25, 0.3) is 0 Å². The van der Waals surface area contributed by atoms with Crippen LogP contribution in [0.3, 0.4) is 0 Å². The predicted molar refractivity (Wildman–Crippen MR) is 75.5 cm³/mol. The van der Waals surface area contributed by atoms with E-state index in [0.29, 0.717) is 22.6 Å². The van der Waals surface area contributed by atoms with E-state index in [0.717, 1.165) is 17.8 Å². The van der Waals surface area contributed by atoms with Gasteiger partial charge < -0.3 is 5.32 Å². The first-order valence-electron chi connectivity index (χ1n) is 6.26. The Hall–Kier alpha value is -0.270. The number of nitrogens with one attached hydrogen (secondary N) is 1. The summed E-state index contributed by atoms with van der Waals surface area (Å²) in [5, 5.41) is 3.93. The van der Waals surface area contributed by atoms with E-state index in [1.807, 2.05) is 6.92 Å². The lowest BCUT2D eigenvalue weighted by atomic mass is 10.3. The highest BCUT2D eigenvalue weighted by Gasteiger charge is 2.37. The lowest BCUT2D eigenvalue weighted by Gasteiger charge is -2.06. The Balaban J connectivity index is 2.81. The van der Waals surface area contributed by atoms with Gasteiger partial charge in [-0.1, -0.05) is 20.8 Å². The van der Waals surface area contributed by atoms with E-state index in [-0.39, 0.29) is 11.4 Å². The number of nitrogens with zero attached hydrogens (tertiary/aromatic N) is 1. The van der Waals surface area contributed by atoms with Crippen LogP contribution in [0.1, 0.15) is 42.8 Å². The van der Waals surface area contributed by atoms with E-state index in [1.54, 1.807) is 11.8 Å². The molecule has 0 bridgehead atoms. The van der Waals surface area contributed by atoms with Crippen molar-refractivity contribution in [2.24, 2.45) is 0 Å². The molecule has 19 heavy (non-hydrogen) atoms. The maximum Gasteiger partial charge on any atom is 0.434 e. The summed E-state index contributed by atoms with van der Waals surface area (Å²) in [4.78, 5) is 4.06. The average molecular weight is 312 g/mol. The number of rotatable bonds is 7. The van der Waals surface area contributed by atoms with Crippen molar-refractivity contribution in [3.63, 3.8) is 0 Å². The highest BCUT2D eigenvalue weighted by Crippen LogP contribution is 2.35. The molecular weight excluding hydrogens is 293 g/mol. The molecule has 0 radical (unpaired) electrons. The van der Waals surface area contributed by atoms with Crippen molar-refractivity contribution >= 4 is 23.1 Å². The van der Waals surface area contributed by atoms with Gasteiger partial charge in [-0.25, -0.2) is 4.98 Å². The molecule has 2 nitrogen and oxygen atoms in total. The molecule has 1 atom stereocenters. The maximum absolute atomic E-state index is 12.9. The van der Waals surface area contributed by atoms with E-state index < -0.39 is 11.9 Å². The van der Waals surface area contributed by atoms with Crippen LogP contribution < -0.4 is 5.32 Å². The second-order valence-corrected chi connectivity index (χ2v) is 6.78. The zero-order valence-electron chi connectivity index (χ0n) is 11.3. The molecule has 0 fully saturated rings. The van der Waals surface area contributed by atoms with E-state index >= 15 is 0 Å². The molecule has 0 aliphatic rings. The topological polar surface area (TPSA) is 24.9 Å². The summed E-state index contributed by atoms with van der Waals surface area (Å²) in [6.45, 7) is 6.89. The van der Waals surface area contributed by atoms with Crippen molar-refractivity contribution in [1.82, 2.24) is 10.3 Å². The third kappa shape index (κ3) is 5.31. The van der Waals surface area contributed by atoms with Gasteiger partial charge in [0.05, 0.1) is 4.88 Å². The van der Waals surface area contributed by atoms with Gasteiger partial charge in [0.2, 0.25) is 0 Å². The molecule has 1 aromatic rings. The molecule has 0 saturated heterocycles. The lowest BCUT2D eigenvalue weighted by Crippen LogP contribution is -2.15. The fourth-order valence-corrected chi connectivity index (χ4v) is 3.39. The van der Waals surface area contributed by atoms with Crippen LogP contribution in [0.5, 0.6) is 0 Å².